The fourth-order valence-electron chi connectivity index (χ4n) is 7.02. The third-order valence-electron chi connectivity index (χ3n) is 7.84. The van der Waals surface area contributed by atoms with E-state index in [4.69, 9.17) is 16.7 Å². The third kappa shape index (κ3) is 3.32. The van der Waals surface area contributed by atoms with Gasteiger partial charge in [0, 0.05) is 6.04 Å². The number of nitrogens with zero attached hydrogens (tertiary/aromatic N) is 2. The van der Waals surface area contributed by atoms with Gasteiger partial charge in [0.15, 0.2) is 0 Å². The zero-order valence-electron chi connectivity index (χ0n) is 16.3. The second-order valence-corrected chi connectivity index (χ2v) is 10.3. The number of halogens is 1. The molecule has 0 atom stereocenters. The van der Waals surface area contributed by atoms with Crippen LogP contribution in [0.25, 0.3) is 0 Å². The second-order valence-electron chi connectivity index (χ2n) is 9.92. The minimum Gasteiger partial charge on any atom is -0.380 e. The van der Waals surface area contributed by atoms with Gasteiger partial charge < -0.3 is 5.32 Å². The molecule has 1 N–H and O–H groups in total. The number of anilines is 1. The molecule has 4 bridgehead atoms. The van der Waals surface area contributed by atoms with Crippen LogP contribution < -0.4 is 10.9 Å². The molecule has 6 rings (SSSR count). The predicted octanol–water partition coefficient (Wildman–Crippen LogP) is 5.35. The van der Waals surface area contributed by atoms with Crippen LogP contribution in [0.1, 0.15) is 83.5 Å². The average molecular weight is 390 g/mol. The van der Waals surface area contributed by atoms with Gasteiger partial charge in [-0.1, -0.05) is 43.7 Å². The molecule has 0 amide bonds. The quantitative estimate of drug-likeness (QED) is 0.758. The second kappa shape index (κ2) is 7.09. The van der Waals surface area contributed by atoms with Gasteiger partial charge in [-0.2, -0.15) is 5.10 Å². The minimum atomic E-state index is -0.0746. The number of rotatable bonds is 3. The summed E-state index contributed by atoms with van der Waals surface area (Å²) in [7, 11) is 0. The van der Waals surface area contributed by atoms with Gasteiger partial charge in [-0.25, -0.2) is 4.68 Å². The van der Waals surface area contributed by atoms with Gasteiger partial charge in [-0.05, 0) is 69.1 Å². The molecule has 0 spiro atoms. The Balaban J connectivity index is 1.40. The van der Waals surface area contributed by atoms with Gasteiger partial charge in [0.2, 0.25) is 0 Å². The van der Waals surface area contributed by atoms with E-state index in [2.05, 4.69) is 5.32 Å². The molecule has 5 aliphatic carbocycles. The molecule has 5 fully saturated rings. The number of hydrogen-bond donors (Lipinski definition) is 1. The summed E-state index contributed by atoms with van der Waals surface area (Å²) >= 11 is 6.59. The van der Waals surface area contributed by atoms with Gasteiger partial charge in [0.1, 0.15) is 5.02 Å². The highest BCUT2D eigenvalue weighted by Crippen LogP contribution is 2.58. The fraction of sp³-hybridized carbons (Fsp3) is 0.818. The summed E-state index contributed by atoms with van der Waals surface area (Å²) < 4.78 is 1.79. The molecule has 4 nitrogen and oxygen atoms in total. The van der Waals surface area contributed by atoms with E-state index < -0.39 is 0 Å². The van der Waals surface area contributed by atoms with E-state index in [1.54, 1.807) is 4.68 Å². The van der Waals surface area contributed by atoms with Crippen LogP contribution in [0.4, 0.5) is 5.69 Å². The lowest BCUT2D eigenvalue weighted by molar-refractivity contribution is -0.0518. The van der Waals surface area contributed by atoms with Crippen molar-refractivity contribution in [3.05, 3.63) is 21.6 Å². The molecule has 1 aromatic heterocycles. The summed E-state index contributed by atoms with van der Waals surface area (Å²) in [6, 6.07) is 0.416. The smallest absolute Gasteiger partial charge is 0.288 e. The lowest BCUT2D eigenvalue weighted by atomic mass is 9.53. The first kappa shape index (κ1) is 18.0. The first-order valence-electron chi connectivity index (χ1n) is 11.2. The maximum Gasteiger partial charge on any atom is 0.288 e. The monoisotopic (exact) mass is 389 g/mol. The van der Waals surface area contributed by atoms with Crippen molar-refractivity contribution in [3.8, 4) is 0 Å². The maximum atomic E-state index is 13.2. The van der Waals surface area contributed by atoms with E-state index >= 15 is 0 Å². The number of aromatic nitrogens is 2. The van der Waals surface area contributed by atoms with E-state index in [1.807, 2.05) is 6.20 Å². The van der Waals surface area contributed by atoms with Crippen LogP contribution in [0.5, 0.6) is 0 Å². The lowest BCUT2D eigenvalue weighted by Crippen LogP contribution is -2.55. The van der Waals surface area contributed by atoms with Crippen LogP contribution in [-0.4, -0.2) is 15.8 Å². The predicted molar refractivity (Wildman–Crippen MR) is 109 cm³/mol. The highest BCUT2D eigenvalue weighted by atomic mass is 35.5. The minimum absolute atomic E-state index is 0.0613. The van der Waals surface area contributed by atoms with Crippen LogP contribution in [-0.2, 0) is 5.54 Å². The van der Waals surface area contributed by atoms with Crippen molar-refractivity contribution in [1.29, 1.82) is 0 Å². The normalized spacial score (nSPS) is 36.4. The Labute approximate surface area is 167 Å². The Hall–Kier alpha value is -1.03. The average Bonchev–Trinajstić information content (AvgIpc) is 2.59. The van der Waals surface area contributed by atoms with E-state index in [9.17, 15) is 4.79 Å². The first-order valence-corrected chi connectivity index (χ1v) is 11.6. The molecule has 0 aliphatic heterocycles. The number of nitrogens with one attached hydrogen (secondary N) is 1. The molecule has 5 saturated carbocycles. The molecule has 5 aliphatic rings. The molecule has 0 unspecified atom stereocenters. The lowest BCUT2D eigenvalue weighted by Gasteiger charge is -2.56. The fourth-order valence-corrected chi connectivity index (χ4v) is 7.20. The van der Waals surface area contributed by atoms with E-state index in [0.717, 1.165) is 55.5 Å². The van der Waals surface area contributed by atoms with Crippen LogP contribution in [0, 0.1) is 17.8 Å². The Kier molecular flexibility index (Phi) is 4.74. The summed E-state index contributed by atoms with van der Waals surface area (Å²) in [5.74, 6) is 2.37. The number of hydrogen-bond acceptors (Lipinski definition) is 3. The third-order valence-corrected chi connectivity index (χ3v) is 8.20. The largest absolute Gasteiger partial charge is 0.380 e. The Morgan fingerprint density at radius 1 is 0.963 bits per heavy atom. The summed E-state index contributed by atoms with van der Waals surface area (Å²) in [6.45, 7) is 0. The van der Waals surface area contributed by atoms with Crippen molar-refractivity contribution in [2.75, 3.05) is 5.32 Å². The van der Waals surface area contributed by atoms with Crippen molar-refractivity contribution in [2.45, 2.75) is 95.1 Å². The van der Waals surface area contributed by atoms with Gasteiger partial charge in [0.25, 0.3) is 5.56 Å². The zero-order valence-corrected chi connectivity index (χ0v) is 17.0. The Morgan fingerprint density at radius 2 is 1.52 bits per heavy atom. The summed E-state index contributed by atoms with van der Waals surface area (Å²) in [6.07, 6.45) is 18.1. The molecule has 1 heterocycles. The molecule has 1 aromatic rings. The van der Waals surface area contributed by atoms with E-state index in [0.29, 0.717) is 11.1 Å². The molecule has 0 aromatic carbocycles. The Morgan fingerprint density at radius 3 is 2.11 bits per heavy atom. The van der Waals surface area contributed by atoms with Crippen LogP contribution in [0.3, 0.4) is 0 Å². The summed E-state index contributed by atoms with van der Waals surface area (Å²) in [5.41, 5.74) is 0.608. The standard InChI is InChI=1S/C22H32ClN3O/c23-20-19(25-18-6-4-2-1-3-5-7-18)14-24-26(21(20)27)22-11-15-8-16(12-22)10-17(9-15)13-22/h14-18,25H,1-13H2. The molecule has 0 radical (unpaired) electrons. The van der Waals surface area contributed by atoms with Gasteiger partial charge in [0.05, 0.1) is 17.4 Å². The van der Waals surface area contributed by atoms with Crippen LogP contribution >= 0.6 is 11.6 Å². The van der Waals surface area contributed by atoms with Crippen molar-refractivity contribution >= 4 is 17.3 Å². The molecule has 148 valence electrons. The molecular formula is C22H32ClN3O. The van der Waals surface area contributed by atoms with E-state index in [1.165, 1.54) is 51.4 Å². The van der Waals surface area contributed by atoms with Gasteiger partial charge >= 0.3 is 0 Å². The molecular weight excluding hydrogens is 358 g/mol. The highest BCUT2D eigenvalue weighted by molar-refractivity contribution is 6.32. The molecule has 0 saturated heterocycles. The van der Waals surface area contributed by atoms with Crippen molar-refractivity contribution in [2.24, 2.45) is 17.8 Å². The van der Waals surface area contributed by atoms with Crippen molar-refractivity contribution in [1.82, 2.24) is 9.78 Å². The first-order chi connectivity index (χ1) is 13.1. The van der Waals surface area contributed by atoms with Crippen molar-refractivity contribution in [3.63, 3.8) is 0 Å². The molecule has 27 heavy (non-hydrogen) atoms. The topological polar surface area (TPSA) is 46.9 Å². The van der Waals surface area contributed by atoms with Crippen molar-refractivity contribution < 1.29 is 0 Å². The SMILES string of the molecule is O=c1c(Cl)c(NC2CCCCCCC2)cnn1C12CC3CC(CC(C3)C1)C2. The Bertz CT molecular complexity index is 715. The van der Waals surface area contributed by atoms with Gasteiger partial charge in [-0.15, -0.1) is 0 Å². The van der Waals surface area contributed by atoms with Gasteiger partial charge in [-0.3, -0.25) is 4.79 Å². The maximum absolute atomic E-state index is 13.2. The summed E-state index contributed by atoms with van der Waals surface area (Å²) in [5, 5.41) is 8.59. The van der Waals surface area contributed by atoms with E-state index in [-0.39, 0.29) is 11.1 Å². The zero-order chi connectivity index (χ0) is 18.4. The highest BCUT2D eigenvalue weighted by Gasteiger charge is 2.53. The van der Waals surface area contributed by atoms with Crippen LogP contribution in [0.15, 0.2) is 11.0 Å². The molecule has 5 heteroatoms. The summed E-state index contributed by atoms with van der Waals surface area (Å²) in [4.78, 5) is 13.2. The van der Waals surface area contributed by atoms with Crippen LogP contribution in [0.2, 0.25) is 5.02 Å².